The molecule has 1 fully saturated rings. The SMILES string of the molecule is CCc1nn(C)cc1NCC1CCCCN1C(=O)OC(C)(C)C. The van der Waals surface area contributed by atoms with Crippen LogP contribution in [0.3, 0.4) is 0 Å². The van der Waals surface area contributed by atoms with E-state index in [9.17, 15) is 4.79 Å². The van der Waals surface area contributed by atoms with E-state index in [1.165, 1.54) is 0 Å². The Labute approximate surface area is 139 Å². The summed E-state index contributed by atoms with van der Waals surface area (Å²) in [5.41, 5.74) is 1.67. The topological polar surface area (TPSA) is 59.4 Å². The van der Waals surface area contributed by atoms with E-state index in [2.05, 4.69) is 17.3 Å². The van der Waals surface area contributed by atoms with Gasteiger partial charge in [0.1, 0.15) is 5.60 Å². The standard InChI is InChI=1S/C17H30N4O2/c1-6-14-15(12-20(5)19-14)18-11-13-9-7-8-10-21(13)16(22)23-17(2,3)4/h12-13,18H,6-11H2,1-5H3. The fourth-order valence-electron chi connectivity index (χ4n) is 2.94. The van der Waals surface area contributed by atoms with E-state index in [4.69, 9.17) is 4.74 Å². The number of carbonyl (C=O) groups is 1. The molecule has 130 valence electrons. The molecule has 2 heterocycles. The zero-order chi connectivity index (χ0) is 17.0. The molecular weight excluding hydrogens is 292 g/mol. The number of anilines is 1. The van der Waals surface area contributed by atoms with Crippen molar-refractivity contribution in [2.24, 2.45) is 7.05 Å². The van der Waals surface area contributed by atoms with Gasteiger partial charge < -0.3 is 15.0 Å². The van der Waals surface area contributed by atoms with E-state index in [-0.39, 0.29) is 12.1 Å². The first-order chi connectivity index (χ1) is 10.8. The van der Waals surface area contributed by atoms with Gasteiger partial charge in [-0.15, -0.1) is 0 Å². The number of aryl methyl sites for hydroxylation is 2. The quantitative estimate of drug-likeness (QED) is 0.925. The van der Waals surface area contributed by atoms with Crippen LogP contribution in [0.5, 0.6) is 0 Å². The van der Waals surface area contributed by atoms with Crippen molar-refractivity contribution in [2.45, 2.75) is 65.0 Å². The van der Waals surface area contributed by atoms with E-state index in [1.54, 1.807) is 0 Å². The van der Waals surface area contributed by atoms with Crippen molar-refractivity contribution < 1.29 is 9.53 Å². The molecule has 1 aromatic heterocycles. The molecule has 0 bridgehead atoms. The van der Waals surface area contributed by atoms with Gasteiger partial charge in [0, 0.05) is 26.3 Å². The third-order valence-corrected chi connectivity index (χ3v) is 4.02. The lowest BCUT2D eigenvalue weighted by Crippen LogP contribution is -2.48. The normalized spacial score (nSPS) is 18.8. The zero-order valence-electron chi connectivity index (χ0n) is 15.1. The van der Waals surface area contributed by atoms with Gasteiger partial charge >= 0.3 is 6.09 Å². The highest BCUT2D eigenvalue weighted by Gasteiger charge is 2.30. The van der Waals surface area contributed by atoms with Crippen LogP contribution < -0.4 is 5.32 Å². The van der Waals surface area contributed by atoms with Gasteiger partial charge in [-0.2, -0.15) is 5.10 Å². The molecule has 0 radical (unpaired) electrons. The molecule has 1 N–H and O–H groups in total. The Morgan fingerprint density at radius 2 is 2.17 bits per heavy atom. The van der Waals surface area contributed by atoms with E-state index in [0.717, 1.165) is 50.2 Å². The Morgan fingerprint density at radius 3 is 2.83 bits per heavy atom. The Kier molecular flexibility index (Phi) is 5.55. The minimum Gasteiger partial charge on any atom is -0.444 e. The molecule has 1 aliphatic heterocycles. The maximum Gasteiger partial charge on any atom is 0.410 e. The summed E-state index contributed by atoms with van der Waals surface area (Å²) in [4.78, 5) is 14.3. The molecule has 1 aliphatic rings. The van der Waals surface area contributed by atoms with Gasteiger partial charge in [0.2, 0.25) is 0 Å². The highest BCUT2D eigenvalue weighted by molar-refractivity contribution is 5.68. The van der Waals surface area contributed by atoms with Gasteiger partial charge in [-0.3, -0.25) is 4.68 Å². The van der Waals surface area contributed by atoms with Crippen LogP contribution in [0.25, 0.3) is 0 Å². The Morgan fingerprint density at radius 1 is 1.43 bits per heavy atom. The first-order valence-electron chi connectivity index (χ1n) is 8.56. The fourth-order valence-corrected chi connectivity index (χ4v) is 2.94. The number of rotatable bonds is 4. The highest BCUT2D eigenvalue weighted by atomic mass is 16.6. The van der Waals surface area contributed by atoms with Crippen LogP contribution in [0.15, 0.2) is 6.20 Å². The molecule has 0 aromatic carbocycles. The second kappa shape index (κ2) is 7.23. The number of aromatic nitrogens is 2. The van der Waals surface area contributed by atoms with E-state index >= 15 is 0 Å². The molecule has 1 aromatic rings. The Balaban J connectivity index is 1.99. The minimum absolute atomic E-state index is 0.170. The molecule has 1 amide bonds. The van der Waals surface area contributed by atoms with E-state index in [0.29, 0.717) is 0 Å². The van der Waals surface area contributed by atoms with Crippen molar-refractivity contribution in [3.63, 3.8) is 0 Å². The molecule has 6 heteroatoms. The highest BCUT2D eigenvalue weighted by Crippen LogP contribution is 2.22. The van der Waals surface area contributed by atoms with Crippen LogP contribution in [-0.4, -0.2) is 45.5 Å². The number of amides is 1. The van der Waals surface area contributed by atoms with Gasteiger partial charge in [0.05, 0.1) is 17.4 Å². The lowest BCUT2D eigenvalue weighted by atomic mass is 10.0. The smallest absolute Gasteiger partial charge is 0.410 e. The molecule has 6 nitrogen and oxygen atoms in total. The number of ether oxygens (including phenoxy) is 1. The minimum atomic E-state index is -0.453. The van der Waals surface area contributed by atoms with Gasteiger partial charge in [0.15, 0.2) is 0 Å². The van der Waals surface area contributed by atoms with Gasteiger partial charge in [0.25, 0.3) is 0 Å². The average molecular weight is 322 g/mol. The number of hydrogen-bond acceptors (Lipinski definition) is 4. The van der Waals surface area contributed by atoms with Crippen LogP contribution in [0.1, 0.15) is 52.7 Å². The predicted octanol–water partition coefficient (Wildman–Crippen LogP) is 3.18. The first-order valence-corrected chi connectivity index (χ1v) is 8.56. The third kappa shape index (κ3) is 4.88. The van der Waals surface area contributed by atoms with Gasteiger partial charge in [-0.1, -0.05) is 6.92 Å². The van der Waals surface area contributed by atoms with Crippen LogP contribution in [-0.2, 0) is 18.2 Å². The molecule has 2 rings (SSSR count). The van der Waals surface area contributed by atoms with E-state index < -0.39 is 5.60 Å². The Bertz CT molecular complexity index is 533. The summed E-state index contributed by atoms with van der Waals surface area (Å²) in [6.45, 7) is 9.33. The molecular formula is C17H30N4O2. The second-order valence-corrected chi connectivity index (χ2v) is 7.22. The summed E-state index contributed by atoms with van der Waals surface area (Å²) in [5.74, 6) is 0. The summed E-state index contributed by atoms with van der Waals surface area (Å²) < 4.78 is 7.38. The molecule has 1 atom stereocenters. The largest absolute Gasteiger partial charge is 0.444 e. The molecule has 1 unspecified atom stereocenters. The van der Waals surface area contributed by atoms with Crippen LogP contribution in [0, 0.1) is 0 Å². The van der Waals surface area contributed by atoms with Crippen molar-refractivity contribution >= 4 is 11.8 Å². The summed E-state index contributed by atoms with van der Waals surface area (Å²) in [7, 11) is 1.93. The summed E-state index contributed by atoms with van der Waals surface area (Å²) in [6.07, 6.45) is 5.89. The number of hydrogen-bond donors (Lipinski definition) is 1. The van der Waals surface area contributed by atoms with Gasteiger partial charge in [-0.05, 0) is 46.5 Å². The average Bonchev–Trinajstić information content (AvgIpc) is 2.83. The summed E-state index contributed by atoms with van der Waals surface area (Å²) in [5, 5.41) is 7.91. The number of carbonyl (C=O) groups excluding carboxylic acids is 1. The number of piperidine rings is 1. The molecule has 1 saturated heterocycles. The van der Waals surface area contributed by atoms with Gasteiger partial charge in [-0.25, -0.2) is 4.79 Å². The number of likely N-dealkylation sites (tertiary alicyclic amines) is 1. The van der Waals surface area contributed by atoms with Crippen LogP contribution in [0.2, 0.25) is 0 Å². The monoisotopic (exact) mass is 322 g/mol. The number of nitrogens with one attached hydrogen (secondary N) is 1. The third-order valence-electron chi connectivity index (χ3n) is 4.02. The predicted molar refractivity (Wildman–Crippen MR) is 91.7 cm³/mol. The Hall–Kier alpha value is -1.72. The van der Waals surface area contributed by atoms with Crippen molar-refractivity contribution in [3.05, 3.63) is 11.9 Å². The lowest BCUT2D eigenvalue weighted by Gasteiger charge is -2.37. The van der Waals surface area contributed by atoms with Crippen LogP contribution >= 0.6 is 0 Å². The van der Waals surface area contributed by atoms with Crippen molar-refractivity contribution in [1.29, 1.82) is 0 Å². The molecule has 23 heavy (non-hydrogen) atoms. The number of nitrogens with zero attached hydrogens (tertiary/aromatic N) is 3. The maximum absolute atomic E-state index is 12.4. The zero-order valence-corrected chi connectivity index (χ0v) is 15.1. The molecule has 0 aliphatic carbocycles. The van der Waals surface area contributed by atoms with E-state index in [1.807, 2.05) is 43.6 Å². The summed E-state index contributed by atoms with van der Waals surface area (Å²) in [6, 6.07) is 0.170. The summed E-state index contributed by atoms with van der Waals surface area (Å²) >= 11 is 0. The molecule has 0 saturated carbocycles. The van der Waals surface area contributed by atoms with Crippen molar-refractivity contribution in [2.75, 3.05) is 18.4 Å². The lowest BCUT2D eigenvalue weighted by molar-refractivity contribution is 0.0114. The fraction of sp³-hybridized carbons (Fsp3) is 0.765. The first kappa shape index (κ1) is 17.6. The van der Waals surface area contributed by atoms with Crippen molar-refractivity contribution in [1.82, 2.24) is 14.7 Å². The van der Waals surface area contributed by atoms with Crippen molar-refractivity contribution in [3.8, 4) is 0 Å². The maximum atomic E-state index is 12.4. The van der Waals surface area contributed by atoms with Crippen LogP contribution in [0.4, 0.5) is 10.5 Å². The second-order valence-electron chi connectivity index (χ2n) is 7.22. The molecule has 0 spiro atoms.